The van der Waals surface area contributed by atoms with Gasteiger partial charge in [-0.05, 0) is 92.3 Å². The molecule has 4 rings (SSSR count). The minimum Gasteiger partial charge on any atom is -0.386 e. The number of hydrogen-bond donors (Lipinski definition) is 4. The van der Waals surface area contributed by atoms with Gasteiger partial charge in [0.1, 0.15) is 15.7 Å². The summed E-state index contributed by atoms with van der Waals surface area (Å²) in [5, 5.41) is 30.2. The summed E-state index contributed by atoms with van der Waals surface area (Å²) < 4.78 is 31.4. The quantitative estimate of drug-likeness (QED) is 0.502. The Morgan fingerprint density at radius 1 is 1.16 bits per heavy atom. The van der Waals surface area contributed by atoms with Crippen LogP contribution in [0.1, 0.15) is 54.5 Å². The highest BCUT2D eigenvalue weighted by Gasteiger charge is 2.29. The van der Waals surface area contributed by atoms with Gasteiger partial charge in [-0.2, -0.15) is 4.36 Å². The Morgan fingerprint density at radius 2 is 1.71 bits per heavy atom. The smallest absolute Gasteiger partial charge is 0.233 e. The minimum atomic E-state index is -3.73. The standard InChI is InChI=1S/C22H27ClFN3O3S/c1-22(2,29)12-9-10-18(17(24)11-12)31(25,30)27-21(28)26-20-15-7-3-5-13(15)19(23)14-6-4-8-16(14)20/h9-11,21,26,28-29H,3-8H2,1-2H3,(H2,25,27,30)/t21?,31-/m1/s1. The van der Waals surface area contributed by atoms with Gasteiger partial charge in [-0.25, -0.2) is 13.7 Å². The highest BCUT2D eigenvalue weighted by Crippen LogP contribution is 2.44. The molecule has 0 aliphatic heterocycles. The van der Waals surface area contributed by atoms with Crippen molar-refractivity contribution in [2.45, 2.75) is 69.2 Å². The Morgan fingerprint density at radius 3 is 2.23 bits per heavy atom. The number of nitrogens with one attached hydrogen (secondary N) is 1. The van der Waals surface area contributed by atoms with Crippen molar-refractivity contribution in [3.8, 4) is 0 Å². The highest BCUT2D eigenvalue weighted by atomic mass is 35.5. The number of aliphatic hydroxyl groups is 2. The molecule has 9 heteroatoms. The van der Waals surface area contributed by atoms with E-state index in [1.54, 1.807) is 0 Å². The van der Waals surface area contributed by atoms with Crippen LogP contribution in [0.15, 0.2) is 27.5 Å². The molecule has 0 spiro atoms. The first-order valence-electron chi connectivity index (χ1n) is 10.3. The van der Waals surface area contributed by atoms with E-state index in [0.717, 1.165) is 77.6 Å². The third kappa shape index (κ3) is 4.19. The maximum Gasteiger partial charge on any atom is 0.233 e. The van der Waals surface area contributed by atoms with E-state index in [-0.39, 0.29) is 4.90 Å². The fraction of sp³-hybridized carbons (Fsp3) is 0.455. The summed E-state index contributed by atoms with van der Waals surface area (Å²) in [4.78, 5) is -0.326. The van der Waals surface area contributed by atoms with Crippen LogP contribution in [-0.2, 0) is 41.2 Å². The zero-order chi connectivity index (χ0) is 22.6. The molecule has 0 aromatic heterocycles. The average molecular weight is 468 g/mol. The molecule has 0 bridgehead atoms. The van der Waals surface area contributed by atoms with Crippen molar-refractivity contribution in [2.24, 2.45) is 9.50 Å². The third-order valence-corrected chi connectivity index (χ3v) is 7.98. The summed E-state index contributed by atoms with van der Waals surface area (Å²) in [5.74, 6) is -0.851. The van der Waals surface area contributed by atoms with Gasteiger partial charge in [-0.3, -0.25) is 0 Å². The Bertz CT molecular complexity index is 1130. The van der Waals surface area contributed by atoms with Gasteiger partial charge in [-0.1, -0.05) is 17.7 Å². The van der Waals surface area contributed by atoms with Crippen LogP contribution < -0.4 is 10.5 Å². The van der Waals surface area contributed by atoms with Gasteiger partial charge in [-0.15, -0.1) is 0 Å². The molecule has 2 aromatic carbocycles. The van der Waals surface area contributed by atoms with Gasteiger partial charge in [0.15, 0.2) is 0 Å². The van der Waals surface area contributed by atoms with Crippen molar-refractivity contribution in [2.75, 3.05) is 5.32 Å². The summed E-state index contributed by atoms with van der Waals surface area (Å²) in [5.41, 5.74) is 4.15. The van der Waals surface area contributed by atoms with Crippen molar-refractivity contribution < 1.29 is 18.8 Å². The average Bonchev–Trinajstić information content (AvgIpc) is 3.33. The lowest BCUT2D eigenvalue weighted by molar-refractivity contribution is 0.0781. The summed E-state index contributed by atoms with van der Waals surface area (Å²) in [6.45, 7) is 3.03. The Labute approximate surface area is 186 Å². The van der Waals surface area contributed by atoms with E-state index in [2.05, 4.69) is 9.68 Å². The largest absolute Gasteiger partial charge is 0.386 e. The number of nitrogens with two attached hydrogens (primary N) is 1. The van der Waals surface area contributed by atoms with Crippen molar-refractivity contribution in [1.29, 1.82) is 0 Å². The summed E-state index contributed by atoms with van der Waals surface area (Å²) in [6, 6.07) is 3.76. The second-order valence-electron chi connectivity index (χ2n) is 8.71. The molecule has 1 unspecified atom stereocenters. The van der Waals surface area contributed by atoms with E-state index in [1.165, 1.54) is 26.0 Å². The van der Waals surface area contributed by atoms with Gasteiger partial charge >= 0.3 is 0 Å². The fourth-order valence-corrected chi connectivity index (χ4v) is 6.02. The molecule has 2 aliphatic carbocycles. The molecule has 2 aromatic rings. The Balaban J connectivity index is 1.68. The van der Waals surface area contributed by atoms with Gasteiger partial charge in [0.05, 0.1) is 10.5 Å². The van der Waals surface area contributed by atoms with E-state index in [4.69, 9.17) is 16.7 Å². The second-order valence-corrected chi connectivity index (χ2v) is 10.9. The molecule has 0 saturated heterocycles. The predicted octanol–water partition coefficient (Wildman–Crippen LogP) is 3.77. The maximum atomic E-state index is 14.6. The molecule has 168 valence electrons. The van der Waals surface area contributed by atoms with Crippen LogP contribution in [0.25, 0.3) is 0 Å². The molecule has 5 N–H and O–H groups in total. The van der Waals surface area contributed by atoms with Crippen LogP contribution >= 0.6 is 11.6 Å². The van der Waals surface area contributed by atoms with Crippen molar-refractivity contribution in [3.05, 3.63) is 56.9 Å². The third-order valence-electron chi connectivity index (χ3n) is 6.05. The van der Waals surface area contributed by atoms with Crippen LogP contribution in [-0.4, -0.2) is 20.8 Å². The topological polar surface area (TPSA) is 108 Å². The van der Waals surface area contributed by atoms with E-state index in [0.29, 0.717) is 5.56 Å². The monoisotopic (exact) mass is 467 g/mol. The second kappa shape index (κ2) is 8.01. The number of rotatable bonds is 5. The van der Waals surface area contributed by atoms with Gasteiger partial charge < -0.3 is 15.5 Å². The molecular weight excluding hydrogens is 441 g/mol. The zero-order valence-corrected chi connectivity index (χ0v) is 19.1. The van der Waals surface area contributed by atoms with E-state index < -0.39 is 27.7 Å². The minimum absolute atomic E-state index is 0.315. The van der Waals surface area contributed by atoms with Crippen LogP contribution in [0.3, 0.4) is 0 Å². The lowest BCUT2D eigenvalue weighted by Gasteiger charge is -2.21. The highest BCUT2D eigenvalue weighted by molar-refractivity contribution is 7.91. The number of hydrogen-bond acceptors (Lipinski definition) is 5. The van der Waals surface area contributed by atoms with E-state index in [1.807, 2.05) is 0 Å². The molecule has 31 heavy (non-hydrogen) atoms. The molecule has 2 aliphatic rings. The summed E-state index contributed by atoms with van der Waals surface area (Å²) >= 11 is 6.62. The van der Waals surface area contributed by atoms with E-state index in [9.17, 15) is 18.8 Å². The normalized spacial score (nSPS) is 18.3. The molecule has 0 amide bonds. The number of aliphatic hydroxyl groups excluding tert-OH is 1. The molecule has 0 radical (unpaired) electrons. The molecule has 0 heterocycles. The number of benzene rings is 2. The summed E-state index contributed by atoms with van der Waals surface area (Å²) in [7, 11) is -3.73. The molecule has 0 fully saturated rings. The first-order chi connectivity index (χ1) is 14.5. The Hall–Kier alpha value is -1.71. The number of nitrogens with zero attached hydrogens (tertiary/aromatic N) is 1. The molecule has 2 atom stereocenters. The first-order valence-corrected chi connectivity index (χ1v) is 12.3. The Kier molecular flexibility index (Phi) is 5.81. The zero-order valence-electron chi connectivity index (χ0n) is 17.5. The summed E-state index contributed by atoms with van der Waals surface area (Å²) in [6.07, 6.45) is 3.82. The first kappa shape index (κ1) is 22.5. The van der Waals surface area contributed by atoms with Gasteiger partial charge in [0.2, 0.25) is 6.35 Å². The number of fused-ring (bicyclic) bond motifs is 2. The lowest BCUT2D eigenvalue weighted by Crippen LogP contribution is -2.25. The van der Waals surface area contributed by atoms with Crippen molar-refractivity contribution in [3.63, 3.8) is 0 Å². The van der Waals surface area contributed by atoms with Crippen LogP contribution in [0, 0.1) is 5.82 Å². The fourth-order valence-electron chi connectivity index (χ4n) is 4.54. The lowest BCUT2D eigenvalue weighted by atomic mass is 9.98. The predicted molar refractivity (Wildman–Crippen MR) is 120 cm³/mol. The van der Waals surface area contributed by atoms with Crippen LogP contribution in [0.4, 0.5) is 10.1 Å². The van der Waals surface area contributed by atoms with Crippen LogP contribution in [0.2, 0.25) is 5.02 Å². The molecular formula is C22H27ClFN3O3S. The SMILES string of the molecule is CC(C)(O)c1ccc([S@](N)(=O)=NC(O)Nc2c3c(c(Cl)c4c2CCC4)CCC3)c(F)c1. The number of halogens is 2. The molecule has 6 nitrogen and oxygen atoms in total. The maximum absolute atomic E-state index is 14.6. The van der Waals surface area contributed by atoms with Gasteiger partial charge in [0, 0.05) is 10.7 Å². The van der Waals surface area contributed by atoms with Crippen molar-refractivity contribution >= 4 is 27.2 Å². The van der Waals surface area contributed by atoms with Crippen LogP contribution in [0.5, 0.6) is 0 Å². The molecule has 0 saturated carbocycles. The number of anilines is 1. The van der Waals surface area contributed by atoms with Crippen molar-refractivity contribution in [1.82, 2.24) is 0 Å². The van der Waals surface area contributed by atoms with E-state index >= 15 is 0 Å². The van der Waals surface area contributed by atoms with Gasteiger partial charge in [0.25, 0.3) is 0 Å².